The minimum Gasteiger partial charge on any atom is -0.444 e. The third-order valence-corrected chi connectivity index (χ3v) is 7.56. The highest BCUT2D eigenvalue weighted by atomic mass is 16.6. The summed E-state index contributed by atoms with van der Waals surface area (Å²) in [5.41, 5.74) is 1.02. The quantitative estimate of drug-likeness (QED) is 0.145. The SMILES string of the molecule is CC(C)CC(NC(=O)CC(O)C(CC(C)C)NC(=O)CCC(=O)C(Cc1ccccc1)NC(=O)OC(C)(C)C)C(=O)NCc1ccccc1. The third-order valence-electron chi connectivity index (χ3n) is 7.56. The van der Waals surface area contributed by atoms with Crippen LogP contribution < -0.4 is 21.3 Å². The van der Waals surface area contributed by atoms with Crippen LogP contribution in [0.1, 0.15) is 91.7 Å². The predicted molar refractivity (Wildman–Crippen MR) is 189 cm³/mol. The summed E-state index contributed by atoms with van der Waals surface area (Å²) in [5.74, 6) is -1.43. The molecule has 0 aliphatic heterocycles. The molecular weight excluding hydrogens is 624 g/mol. The van der Waals surface area contributed by atoms with Gasteiger partial charge in [-0.05, 0) is 63.0 Å². The van der Waals surface area contributed by atoms with Crippen LogP contribution >= 0.6 is 0 Å². The number of aliphatic hydroxyl groups excluding tert-OH is 1. The van der Waals surface area contributed by atoms with Gasteiger partial charge in [0.05, 0.1) is 24.6 Å². The summed E-state index contributed by atoms with van der Waals surface area (Å²) in [6.45, 7) is 13.3. The molecule has 0 fully saturated rings. The van der Waals surface area contributed by atoms with Crippen molar-refractivity contribution in [1.29, 1.82) is 0 Å². The van der Waals surface area contributed by atoms with E-state index in [9.17, 15) is 29.1 Å². The minimum absolute atomic E-state index is 0.0791. The highest BCUT2D eigenvalue weighted by Crippen LogP contribution is 2.14. The van der Waals surface area contributed by atoms with E-state index < -0.39 is 47.7 Å². The van der Waals surface area contributed by atoms with Crippen molar-refractivity contribution in [2.24, 2.45) is 11.8 Å². The van der Waals surface area contributed by atoms with Crippen LogP contribution in [0.3, 0.4) is 0 Å². The molecular formula is C38H56N4O7. The molecule has 0 aliphatic rings. The fraction of sp³-hybridized carbons (Fsp3) is 0.553. The topological polar surface area (TPSA) is 163 Å². The highest BCUT2D eigenvalue weighted by Gasteiger charge is 2.29. The lowest BCUT2D eigenvalue weighted by Crippen LogP contribution is -2.50. The van der Waals surface area contributed by atoms with E-state index in [0.717, 1.165) is 11.1 Å². The molecule has 4 amide bonds. The van der Waals surface area contributed by atoms with Crippen molar-refractivity contribution in [3.63, 3.8) is 0 Å². The first-order chi connectivity index (χ1) is 23.0. The van der Waals surface area contributed by atoms with Gasteiger partial charge < -0.3 is 31.1 Å². The number of carbonyl (C=O) groups excluding carboxylic acids is 5. The second-order valence-electron chi connectivity index (χ2n) is 14.4. The van der Waals surface area contributed by atoms with Gasteiger partial charge in [0.15, 0.2) is 5.78 Å². The molecule has 4 atom stereocenters. The van der Waals surface area contributed by atoms with E-state index in [2.05, 4.69) is 21.3 Å². The fourth-order valence-corrected chi connectivity index (χ4v) is 5.25. The zero-order valence-electron chi connectivity index (χ0n) is 30.1. The van der Waals surface area contributed by atoms with E-state index in [1.165, 1.54) is 0 Å². The average molecular weight is 681 g/mol. The van der Waals surface area contributed by atoms with Crippen LogP contribution in [-0.4, -0.2) is 64.5 Å². The predicted octanol–water partition coefficient (Wildman–Crippen LogP) is 4.60. The van der Waals surface area contributed by atoms with Gasteiger partial charge in [-0.3, -0.25) is 19.2 Å². The van der Waals surface area contributed by atoms with Crippen LogP contribution in [0.25, 0.3) is 0 Å². The van der Waals surface area contributed by atoms with Gasteiger partial charge in [0, 0.05) is 19.4 Å². The molecule has 11 nitrogen and oxygen atoms in total. The van der Waals surface area contributed by atoms with Crippen LogP contribution in [0.5, 0.6) is 0 Å². The Labute approximate surface area is 291 Å². The Hall–Kier alpha value is -4.25. The minimum atomic E-state index is -1.23. The van der Waals surface area contributed by atoms with Gasteiger partial charge in [-0.1, -0.05) is 88.4 Å². The molecule has 0 spiro atoms. The molecule has 2 rings (SSSR count). The molecule has 0 radical (unpaired) electrons. The Bertz CT molecular complexity index is 1340. The molecule has 5 N–H and O–H groups in total. The van der Waals surface area contributed by atoms with Crippen molar-refractivity contribution < 1.29 is 33.8 Å². The number of ketones is 1. The van der Waals surface area contributed by atoms with Crippen LogP contribution in [0.15, 0.2) is 60.7 Å². The summed E-state index contributed by atoms with van der Waals surface area (Å²) in [5, 5.41) is 22.2. The van der Waals surface area contributed by atoms with Crippen molar-refractivity contribution in [2.45, 2.75) is 123 Å². The van der Waals surface area contributed by atoms with Crippen molar-refractivity contribution >= 4 is 29.6 Å². The molecule has 4 unspecified atom stereocenters. The van der Waals surface area contributed by atoms with E-state index in [1.807, 2.05) is 88.4 Å². The number of carbonyl (C=O) groups is 5. The van der Waals surface area contributed by atoms with E-state index in [0.29, 0.717) is 19.4 Å². The maximum Gasteiger partial charge on any atom is 0.408 e. The molecule has 270 valence electrons. The Kier molecular flexibility index (Phi) is 17.0. The van der Waals surface area contributed by atoms with Crippen molar-refractivity contribution in [3.8, 4) is 0 Å². The number of amides is 4. The van der Waals surface area contributed by atoms with E-state index in [1.54, 1.807) is 20.8 Å². The van der Waals surface area contributed by atoms with Gasteiger partial charge in [0.25, 0.3) is 0 Å². The standard InChI is InChI=1S/C38H56N4O7/c1-25(2)20-29(33(44)23-35(46)41-31(21-26(3)4)36(47)39-24-28-16-12-9-13-17-28)40-34(45)19-18-32(43)30(22-27-14-10-8-11-15-27)42-37(48)49-38(5,6)7/h8-17,25-26,29-31,33,44H,18-24H2,1-7H3,(H,39,47)(H,40,45)(H,41,46)(H,42,48). The molecule has 2 aromatic rings. The maximum absolute atomic E-state index is 13.3. The Morgan fingerprint density at radius 3 is 1.84 bits per heavy atom. The summed E-state index contributed by atoms with van der Waals surface area (Å²) in [7, 11) is 0. The first-order valence-corrected chi connectivity index (χ1v) is 17.2. The molecule has 49 heavy (non-hydrogen) atoms. The fourth-order valence-electron chi connectivity index (χ4n) is 5.25. The summed E-state index contributed by atoms with van der Waals surface area (Å²) < 4.78 is 5.35. The van der Waals surface area contributed by atoms with Crippen molar-refractivity contribution in [2.75, 3.05) is 0 Å². The van der Waals surface area contributed by atoms with Gasteiger partial charge in [0.2, 0.25) is 17.7 Å². The van der Waals surface area contributed by atoms with Gasteiger partial charge in [-0.15, -0.1) is 0 Å². The monoisotopic (exact) mass is 680 g/mol. The Balaban J connectivity index is 2.01. The molecule has 0 bridgehead atoms. The number of nitrogens with one attached hydrogen (secondary N) is 4. The van der Waals surface area contributed by atoms with Crippen LogP contribution in [-0.2, 0) is 36.9 Å². The third kappa shape index (κ3) is 17.1. The number of aliphatic hydroxyl groups is 1. The summed E-state index contributed by atoms with van der Waals surface area (Å²) in [6.07, 6.45) is -1.58. The average Bonchev–Trinajstić information content (AvgIpc) is 3.01. The molecule has 0 aromatic heterocycles. The molecule has 11 heteroatoms. The molecule has 2 aromatic carbocycles. The van der Waals surface area contributed by atoms with Gasteiger partial charge >= 0.3 is 6.09 Å². The number of Topliss-reactive ketones (excluding diaryl/α,β-unsaturated/α-hetero) is 1. The number of rotatable bonds is 19. The molecule has 0 aliphatic carbocycles. The first kappa shape index (κ1) is 40.9. The van der Waals surface area contributed by atoms with E-state index in [4.69, 9.17) is 4.74 Å². The second-order valence-corrected chi connectivity index (χ2v) is 14.4. The van der Waals surface area contributed by atoms with Crippen LogP contribution in [0.4, 0.5) is 4.79 Å². The Morgan fingerprint density at radius 1 is 0.714 bits per heavy atom. The molecule has 0 saturated heterocycles. The second kappa shape index (κ2) is 20.3. The van der Waals surface area contributed by atoms with Crippen LogP contribution in [0, 0.1) is 11.8 Å². The number of alkyl carbamates (subject to hydrolysis) is 1. The zero-order valence-corrected chi connectivity index (χ0v) is 30.1. The molecule has 0 saturated carbocycles. The van der Waals surface area contributed by atoms with Crippen molar-refractivity contribution in [1.82, 2.24) is 21.3 Å². The van der Waals surface area contributed by atoms with E-state index >= 15 is 0 Å². The number of hydrogen-bond acceptors (Lipinski definition) is 7. The van der Waals surface area contributed by atoms with Gasteiger partial charge in [-0.25, -0.2) is 4.79 Å². The summed E-state index contributed by atoms with van der Waals surface area (Å²) >= 11 is 0. The van der Waals surface area contributed by atoms with Crippen LogP contribution in [0.2, 0.25) is 0 Å². The number of hydrogen-bond donors (Lipinski definition) is 5. The lowest BCUT2D eigenvalue weighted by atomic mass is 9.96. The summed E-state index contributed by atoms with van der Waals surface area (Å²) in [6, 6.07) is 16.2. The zero-order chi connectivity index (χ0) is 36.6. The highest BCUT2D eigenvalue weighted by molar-refractivity contribution is 5.91. The Morgan fingerprint density at radius 2 is 1.29 bits per heavy atom. The number of ether oxygens (including phenoxy) is 1. The number of benzene rings is 2. The lowest BCUT2D eigenvalue weighted by molar-refractivity contribution is -0.131. The smallest absolute Gasteiger partial charge is 0.408 e. The lowest BCUT2D eigenvalue weighted by Gasteiger charge is -2.27. The summed E-state index contributed by atoms with van der Waals surface area (Å²) in [4.78, 5) is 64.9. The van der Waals surface area contributed by atoms with Gasteiger partial charge in [-0.2, -0.15) is 0 Å². The van der Waals surface area contributed by atoms with E-state index in [-0.39, 0.29) is 49.2 Å². The van der Waals surface area contributed by atoms with Gasteiger partial charge in [0.1, 0.15) is 11.6 Å². The maximum atomic E-state index is 13.3. The molecule has 0 heterocycles. The normalized spacial score (nSPS) is 13.9. The first-order valence-electron chi connectivity index (χ1n) is 17.2. The van der Waals surface area contributed by atoms with Crippen molar-refractivity contribution in [3.05, 3.63) is 71.8 Å². The largest absolute Gasteiger partial charge is 0.444 e.